The average molecular weight is 587 g/mol. The van der Waals surface area contributed by atoms with Crippen molar-refractivity contribution in [3.8, 4) is 17.5 Å². The number of benzene rings is 2. The van der Waals surface area contributed by atoms with Crippen LogP contribution in [0.5, 0.6) is 0 Å². The van der Waals surface area contributed by atoms with Gasteiger partial charge in [0.15, 0.2) is 0 Å². The van der Waals surface area contributed by atoms with E-state index >= 15 is 0 Å². The second-order valence-corrected chi connectivity index (χ2v) is 9.82. The number of aromatic nitrogens is 6. The molecule has 0 saturated heterocycles. The van der Waals surface area contributed by atoms with Crippen LogP contribution >= 0.6 is 11.6 Å². The number of hydrogen-bond acceptors (Lipinski definition) is 10. The van der Waals surface area contributed by atoms with Gasteiger partial charge in [-0.25, -0.2) is 24.7 Å². The van der Waals surface area contributed by atoms with Crippen molar-refractivity contribution in [2.24, 2.45) is 0 Å². The minimum Gasteiger partial charge on any atom is -0.760 e. The van der Waals surface area contributed by atoms with Gasteiger partial charge in [-0.05, 0) is 42.7 Å². The fourth-order valence-electron chi connectivity index (χ4n) is 4.09. The summed E-state index contributed by atoms with van der Waals surface area (Å²) < 4.78 is 25.8. The lowest BCUT2D eigenvalue weighted by Gasteiger charge is -2.21. The molecule has 12 nitrogen and oxygen atoms in total. The molecule has 14 heteroatoms. The summed E-state index contributed by atoms with van der Waals surface area (Å²) in [4.78, 5) is 35.2. The van der Waals surface area contributed by atoms with Gasteiger partial charge in [0.05, 0.1) is 33.9 Å². The molecule has 2 unspecified atom stereocenters. The fourth-order valence-corrected chi connectivity index (χ4v) is 4.62. The van der Waals surface area contributed by atoms with Crippen molar-refractivity contribution >= 4 is 45.4 Å². The summed E-state index contributed by atoms with van der Waals surface area (Å²) in [6.45, 7) is 1.84. The maximum absolute atomic E-state index is 13.9. The third kappa shape index (κ3) is 6.21. The van der Waals surface area contributed by atoms with E-state index in [1.54, 1.807) is 55.6 Å². The predicted octanol–water partition coefficient (Wildman–Crippen LogP) is 2.66. The summed E-state index contributed by atoms with van der Waals surface area (Å²) in [5.74, 6) is 6.66. The van der Waals surface area contributed by atoms with Crippen molar-refractivity contribution < 1.29 is 8.76 Å². The first-order valence-corrected chi connectivity index (χ1v) is 13.6. The van der Waals surface area contributed by atoms with Gasteiger partial charge in [0, 0.05) is 30.2 Å². The minimum absolute atomic E-state index is 0.0393. The molecule has 0 saturated carbocycles. The van der Waals surface area contributed by atoms with Gasteiger partial charge >= 0.3 is 0 Å². The molecule has 3 aromatic heterocycles. The van der Waals surface area contributed by atoms with Crippen LogP contribution in [0.3, 0.4) is 0 Å². The van der Waals surface area contributed by atoms with E-state index in [-0.39, 0.29) is 22.8 Å². The summed E-state index contributed by atoms with van der Waals surface area (Å²) in [6.07, 6.45) is 5.89. The second-order valence-electron chi connectivity index (χ2n) is 8.66. The Morgan fingerprint density at radius 3 is 2.76 bits per heavy atom. The van der Waals surface area contributed by atoms with Gasteiger partial charge in [-0.15, -0.1) is 0 Å². The molecule has 0 fully saturated rings. The molecule has 206 valence electrons. The molecule has 5 aromatic rings. The van der Waals surface area contributed by atoms with Crippen molar-refractivity contribution in [2.45, 2.75) is 19.5 Å². The molecule has 3 heterocycles. The molecule has 0 spiro atoms. The Kier molecular flexibility index (Phi) is 8.27. The van der Waals surface area contributed by atoms with Crippen molar-refractivity contribution in [1.82, 2.24) is 34.2 Å². The normalized spacial score (nSPS) is 12.4. The van der Waals surface area contributed by atoms with Crippen molar-refractivity contribution in [2.75, 3.05) is 11.1 Å². The molecule has 0 aliphatic rings. The Hall–Kier alpha value is -4.74. The zero-order valence-corrected chi connectivity index (χ0v) is 23.0. The van der Waals surface area contributed by atoms with Crippen molar-refractivity contribution in [1.29, 1.82) is 0 Å². The highest BCUT2D eigenvalue weighted by Gasteiger charge is 2.21. The smallest absolute Gasteiger partial charge is 0.267 e. The van der Waals surface area contributed by atoms with Gasteiger partial charge in [0.2, 0.25) is 0 Å². The maximum atomic E-state index is 13.9. The van der Waals surface area contributed by atoms with Crippen LogP contribution in [0.1, 0.15) is 35.6 Å². The number of nitrogen functional groups attached to an aromatic ring is 1. The number of nitrogens with two attached hydrogens (primary N) is 1. The molecule has 5 rings (SSSR count). The predicted molar refractivity (Wildman–Crippen MR) is 155 cm³/mol. The lowest BCUT2D eigenvalue weighted by atomic mass is 10.1. The van der Waals surface area contributed by atoms with E-state index in [4.69, 9.17) is 22.3 Å². The van der Waals surface area contributed by atoms with Gasteiger partial charge in [0.25, 0.3) is 5.56 Å². The van der Waals surface area contributed by atoms with Gasteiger partial charge < -0.3 is 15.6 Å². The van der Waals surface area contributed by atoms with E-state index in [0.717, 1.165) is 0 Å². The number of hydrogen-bond donors (Lipinski definition) is 3. The Morgan fingerprint density at radius 2 is 1.98 bits per heavy atom. The van der Waals surface area contributed by atoms with E-state index in [0.29, 0.717) is 39.7 Å². The van der Waals surface area contributed by atoms with Crippen LogP contribution in [0.15, 0.2) is 72.2 Å². The molecule has 0 aliphatic heterocycles. The lowest BCUT2D eigenvalue weighted by Crippen LogP contribution is -2.28. The highest BCUT2D eigenvalue weighted by atomic mass is 35.5. The summed E-state index contributed by atoms with van der Waals surface area (Å²) in [5.41, 5.74) is 8.02. The molecule has 2 atom stereocenters. The number of halogens is 1. The monoisotopic (exact) mass is 586 g/mol. The van der Waals surface area contributed by atoms with E-state index in [2.05, 4.69) is 41.8 Å². The van der Waals surface area contributed by atoms with Crippen LogP contribution in [0.2, 0.25) is 5.02 Å². The molecular formula is C27H21ClN9O3S-. The van der Waals surface area contributed by atoms with Crippen LogP contribution in [0, 0.1) is 11.8 Å². The Morgan fingerprint density at radius 1 is 1.15 bits per heavy atom. The first-order chi connectivity index (χ1) is 19.8. The largest absolute Gasteiger partial charge is 0.760 e. The summed E-state index contributed by atoms with van der Waals surface area (Å²) in [6, 6.07) is 11.3. The molecule has 2 aromatic carbocycles. The van der Waals surface area contributed by atoms with Gasteiger partial charge in [-0.3, -0.25) is 18.6 Å². The highest BCUT2D eigenvalue weighted by molar-refractivity contribution is 7.77. The van der Waals surface area contributed by atoms with E-state index < -0.39 is 22.9 Å². The first kappa shape index (κ1) is 27.8. The molecule has 0 amide bonds. The first-order valence-electron chi connectivity index (χ1n) is 12.1. The molecule has 0 bridgehead atoms. The third-order valence-corrected chi connectivity index (χ3v) is 6.63. The van der Waals surface area contributed by atoms with E-state index in [1.807, 2.05) is 0 Å². The average Bonchev–Trinajstić information content (AvgIpc) is 2.96. The second kappa shape index (κ2) is 12.2. The standard InChI is InChI=1S/C27H22ClN9O3S/c1-16(35-25-20(24(29)32-15-33-25)9-8-18-14-30-10-11-31-18)26-36-22-7-3-6-21(28)23(22)27(38)37(26)19-5-2-4-17(12-19)13-34-41(39)40/h2-7,10-12,14-16,34H,13H2,1H3,(H,39,40)(H3,29,32,33,35)/p-1. The Labute approximate surface area is 241 Å². The number of fused-ring (bicyclic) bond motifs is 1. The zero-order chi connectivity index (χ0) is 28.9. The summed E-state index contributed by atoms with van der Waals surface area (Å²) in [5, 5.41) is 3.76. The maximum Gasteiger partial charge on any atom is 0.267 e. The topological polar surface area (TPSA) is 177 Å². The van der Waals surface area contributed by atoms with Gasteiger partial charge in [-0.1, -0.05) is 35.7 Å². The molecule has 0 radical (unpaired) electrons. The van der Waals surface area contributed by atoms with Gasteiger partial charge in [0.1, 0.15) is 35.0 Å². The van der Waals surface area contributed by atoms with Crippen LogP contribution in [-0.4, -0.2) is 38.2 Å². The van der Waals surface area contributed by atoms with Crippen molar-refractivity contribution in [3.63, 3.8) is 0 Å². The number of anilines is 2. The van der Waals surface area contributed by atoms with Crippen LogP contribution in [0.4, 0.5) is 11.6 Å². The highest BCUT2D eigenvalue weighted by Crippen LogP contribution is 2.26. The van der Waals surface area contributed by atoms with Crippen molar-refractivity contribution in [3.05, 3.63) is 105 Å². The number of rotatable bonds is 7. The molecule has 0 aliphatic carbocycles. The van der Waals surface area contributed by atoms with E-state index in [9.17, 15) is 13.6 Å². The van der Waals surface area contributed by atoms with E-state index in [1.165, 1.54) is 23.3 Å². The molecule has 41 heavy (non-hydrogen) atoms. The summed E-state index contributed by atoms with van der Waals surface area (Å²) in [7, 11) is 0. The Bertz CT molecular complexity index is 1890. The number of nitrogens with zero attached hydrogens (tertiary/aromatic N) is 6. The molecule has 4 N–H and O–H groups in total. The quantitative estimate of drug-likeness (QED) is 0.190. The van der Waals surface area contributed by atoms with Crippen LogP contribution in [-0.2, 0) is 17.8 Å². The molecular weight excluding hydrogens is 566 g/mol. The third-order valence-electron chi connectivity index (χ3n) is 5.93. The zero-order valence-electron chi connectivity index (χ0n) is 21.4. The van der Waals surface area contributed by atoms with Crippen LogP contribution < -0.4 is 21.3 Å². The number of nitrogens with one attached hydrogen (secondary N) is 2. The SMILES string of the molecule is CC(Nc1ncnc(N)c1C#Cc1cnccn1)c1nc2cccc(Cl)c2c(=O)n1-c1cccc(CNS(=O)[O-])c1. The fraction of sp³-hybridized carbons (Fsp3) is 0.111. The van der Waals surface area contributed by atoms with Crippen LogP contribution in [0.25, 0.3) is 16.6 Å². The van der Waals surface area contributed by atoms with Gasteiger partial charge in [-0.2, -0.15) is 0 Å². The lowest BCUT2D eigenvalue weighted by molar-refractivity contribution is 0.522. The minimum atomic E-state index is -2.45. The summed E-state index contributed by atoms with van der Waals surface area (Å²) >= 11 is 3.97. The Balaban J connectivity index is 1.61.